The second kappa shape index (κ2) is 5.21. The van der Waals surface area contributed by atoms with Crippen LogP contribution in [0.4, 0.5) is 0 Å². The summed E-state index contributed by atoms with van der Waals surface area (Å²) >= 11 is 1.48. The van der Waals surface area contributed by atoms with E-state index in [0.717, 1.165) is 23.3 Å². The lowest BCUT2D eigenvalue weighted by Gasteiger charge is -2.13. The second-order valence-corrected chi connectivity index (χ2v) is 6.26. The van der Waals surface area contributed by atoms with E-state index in [1.165, 1.54) is 11.8 Å². The highest BCUT2D eigenvalue weighted by Crippen LogP contribution is 2.35. The lowest BCUT2D eigenvalue weighted by atomic mass is 10.0. The number of benzene rings is 1. The molecule has 3 aliphatic rings. The predicted molar refractivity (Wildman–Crippen MR) is 80.8 cm³/mol. The van der Waals surface area contributed by atoms with Crippen molar-refractivity contribution in [1.29, 1.82) is 0 Å². The molecule has 3 heterocycles. The van der Waals surface area contributed by atoms with Crippen LogP contribution >= 0.6 is 11.8 Å². The second-order valence-electron chi connectivity index (χ2n) is 5.24. The highest BCUT2D eigenvalue weighted by molar-refractivity contribution is 8.04. The monoisotopic (exact) mass is 315 g/mol. The molecular weight excluding hydrogens is 302 g/mol. The van der Waals surface area contributed by atoms with Gasteiger partial charge < -0.3 is 14.8 Å². The predicted octanol–water partition coefficient (Wildman–Crippen LogP) is 2.41. The van der Waals surface area contributed by atoms with E-state index < -0.39 is 0 Å². The molecule has 0 bridgehead atoms. The molecule has 0 saturated carbocycles. The van der Waals surface area contributed by atoms with Gasteiger partial charge in [-0.1, -0.05) is 17.8 Å². The summed E-state index contributed by atoms with van der Waals surface area (Å²) in [5.41, 5.74) is 2.56. The van der Waals surface area contributed by atoms with Crippen LogP contribution in [0.1, 0.15) is 34.0 Å². The van der Waals surface area contributed by atoms with E-state index in [1.807, 2.05) is 18.2 Å². The zero-order valence-corrected chi connectivity index (χ0v) is 12.4. The van der Waals surface area contributed by atoms with Gasteiger partial charge in [-0.15, -0.1) is 0 Å². The summed E-state index contributed by atoms with van der Waals surface area (Å²) in [5.74, 6) is 1.02. The molecule has 1 fully saturated rings. The van der Waals surface area contributed by atoms with Crippen LogP contribution in [0, 0.1) is 0 Å². The van der Waals surface area contributed by atoms with E-state index in [0.29, 0.717) is 23.0 Å². The number of nitrogens with one attached hydrogen (secondary N) is 1. The minimum atomic E-state index is -0.262. The average molecular weight is 315 g/mol. The van der Waals surface area contributed by atoms with E-state index in [-0.39, 0.29) is 18.0 Å². The lowest BCUT2D eigenvalue weighted by molar-refractivity contribution is -0.116. The van der Waals surface area contributed by atoms with Crippen LogP contribution in [-0.4, -0.2) is 17.8 Å². The molecule has 1 unspecified atom stereocenters. The van der Waals surface area contributed by atoms with Crippen LogP contribution in [0.15, 0.2) is 41.0 Å². The Kier molecular flexibility index (Phi) is 3.18. The number of hydrogen-bond donors (Lipinski definition) is 1. The Hall–Kier alpha value is -2.21. The molecule has 112 valence electrons. The smallest absolute Gasteiger partial charge is 0.338 e. The molecule has 0 spiro atoms. The average Bonchev–Trinajstić information content (AvgIpc) is 3.22. The van der Waals surface area contributed by atoms with Crippen molar-refractivity contribution >= 4 is 23.6 Å². The Balaban J connectivity index is 1.50. The third-order valence-corrected chi connectivity index (χ3v) is 4.75. The van der Waals surface area contributed by atoms with Crippen molar-refractivity contribution in [2.45, 2.75) is 19.1 Å². The molecule has 4 rings (SSSR count). The summed E-state index contributed by atoms with van der Waals surface area (Å²) in [6.45, 7) is 0.329. The van der Waals surface area contributed by atoms with Gasteiger partial charge in [0.25, 0.3) is 5.91 Å². The van der Waals surface area contributed by atoms with E-state index in [9.17, 15) is 9.59 Å². The van der Waals surface area contributed by atoms with Crippen molar-refractivity contribution < 1.29 is 19.1 Å². The van der Waals surface area contributed by atoms with Gasteiger partial charge in [0.15, 0.2) is 0 Å². The summed E-state index contributed by atoms with van der Waals surface area (Å²) < 4.78 is 10.9. The number of cyclic esters (lactones) is 1. The van der Waals surface area contributed by atoms with Gasteiger partial charge in [0.2, 0.25) is 0 Å². The highest BCUT2D eigenvalue weighted by Gasteiger charge is 2.26. The van der Waals surface area contributed by atoms with Gasteiger partial charge in [-0.25, -0.2) is 4.79 Å². The number of thioether (sulfide) groups is 1. The molecule has 5 nitrogen and oxygen atoms in total. The topological polar surface area (TPSA) is 64.6 Å². The molecule has 0 aliphatic carbocycles. The maximum atomic E-state index is 11.5. The summed E-state index contributed by atoms with van der Waals surface area (Å²) in [6.07, 6.45) is 4.44. The first-order chi connectivity index (χ1) is 10.7. The molecule has 1 aromatic carbocycles. The standard InChI is InChI=1S/C16H13NO4S/c18-15-14(22-8-17-15)6-11-2-4-13(21-11)9-1-3-12-10(5-9)7-20-16(12)19/h1-3,5-6,13H,4,7-8H2,(H,17,18)/b14-6+. The van der Waals surface area contributed by atoms with Gasteiger partial charge >= 0.3 is 5.97 Å². The fraction of sp³-hybridized carbons (Fsp3) is 0.250. The van der Waals surface area contributed by atoms with Crippen molar-refractivity contribution in [2.24, 2.45) is 0 Å². The Morgan fingerprint density at radius 1 is 1.32 bits per heavy atom. The lowest BCUT2D eigenvalue weighted by Crippen LogP contribution is -2.14. The molecule has 1 N–H and O–H groups in total. The van der Waals surface area contributed by atoms with Crippen molar-refractivity contribution in [3.05, 3.63) is 57.7 Å². The van der Waals surface area contributed by atoms with Crippen molar-refractivity contribution in [1.82, 2.24) is 5.32 Å². The van der Waals surface area contributed by atoms with E-state index in [1.54, 1.807) is 12.1 Å². The number of esters is 1. The fourth-order valence-corrected chi connectivity index (χ4v) is 3.46. The van der Waals surface area contributed by atoms with E-state index in [4.69, 9.17) is 9.47 Å². The zero-order chi connectivity index (χ0) is 15.1. The molecule has 6 heteroatoms. The minimum absolute atomic E-state index is 0.0499. The molecule has 1 amide bonds. The largest absolute Gasteiger partial charge is 0.486 e. The Morgan fingerprint density at radius 2 is 2.23 bits per heavy atom. The van der Waals surface area contributed by atoms with Gasteiger partial charge in [0.1, 0.15) is 18.5 Å². The molecule has 3 aliphatic heterocycles. The Morgan fingerprint density at radius 3 is 3.05 bits per heavy atom. The van der Waals surface area contributed by atoms with E-state index in [2.05, 4.69) is 5.32 Å². The molecule has 22 heavy (non-hydrogen) atoms. The summed E-state index contributed by atoms with van der Waals surface area (Å²) in [6, 6.07) is 5.66. The van der Waals surface area contributed by atoms with Crippen molar-refractivity contribution in [3.8, 4) is 0 Å². The summed E-state index contributed by atoms with van der Waals surface area (Å²) in [5, 5.41) is 2.75. The number of ether oxygens (including phenoxy) is 2. The first-order valence-corrected chi connectivity index (χ1v) is 7.99. The Bertz CT molecular complexity index is 738. The van der Waals surface area contributed by atoms with Gasteiger partial charge in [0, 0.05) is 12.0 Å². The first kappa shape index (κ1) is 13.5. The summed E-state index contributed by atoms with van der Waals surface area (Å²) in [4.78, 5) is 23.7. The number of allylic oxidation sites excluding steroid dienone is 1. The van der Waals surface area contributed by atoms with Crippen LogP contribution < -0.4 is 5.32 Å². The SMILES string of the molecule is O=C1NCS/C1=C/C1=CCC(c2ccc3c(c2)COC3=O)O1. The number of carbonyl (C=O) groups is 2. The fourth-order valence-electron chi connectivity index (χ4n) is 2.70. The van der Waals surface area contributed by atoms with Crippen molar-refractivity contribution in [3.63, 3.8) is 0 Å². The van der Waals surface area contributed by atoms with Gasteiger partial charge in [-0.2, -0.15) is 0 Å². The third-order valence-electron chi connectivity index (χ3n) is 3.85. The molecule has 0 radical (unpaired) electrons. The minimum Gasteiger partial charge on any atom is -0.486 e. The first-order valence-electron chi connectivity index (χ1n) is 7.00. The molecule has 1 atom stereocenters. The van der Waals surface area contributed by atoms with Crippen LogP contribution in [0.3, 0.4) is 0 Å². The maximum Gasteiger partial charge on any atom is 0.338 e. The number of fused-ring (bicyclic) bond motifs is 1. The van der Waals surface area contributed by atoms with Gasteiger partial charge in [0.05, 0.1) is 16.3 Å². The number of hydrogen-bond acceptors (Lipinski definition) is 5. The molecule has 1 saturated heterocycles. The van der Waals surface area contributed by atoms with Gasteiger partial charge in [-0.05, 0) is 29.8 Å². The highest BCUT2D eigenvalue weighted by atomic mass is 32.2. The Labute approximate surface area is 131 Å². The van der Waals surface area contributed by atoms with Crippen LogP contribution in [-0.2, 0) is 20.9 Å². The van der Waals surface area contributed by atoms with Crippen LogP contribution in [0.25, 0.3) is 0 Å². The third kappa shape index (κ3) is 2.29. The molecule has 0 aromatic heterocycles. The molecule has 1 aromatic rings. The summed E-state index contributed by atoms with van der Waals surface area (Å²) in [7, 11) is 0. The maximum absolute atomic E-state index is 11.5. The number of amides is 1. The van der Waals surface area contributed by atoms with E-state index >= 15 is 0 Å². The van der Waals surface area contributed by atoms with Gasteiger partial charge in [-0.3, -0.25) is 4.79 Å². The normalized spacial score (nSPS) is 24.8. The quantitative estimate of drug-likeness (QED) is 0.671. The number of carbonyl (C=O) groups excluding carboxylic acids is 2. The van der Waals surface area contributed by atoms with Crippen molar-refractivity contribution in [2.75, 3.05) is 5.88 Å². The van der Waals surface area contributed by atoms with Crippen LogP contribution in [0.2, 0.25) is 0 Å². The number of rotatable bonds is 2. The zero-order valence-electron chi connectivity index (χ0n) is 11.6. The van der Waals surface area contributed by atoms with Crippen LogP contribution in [0.5, 0.6) is 0 Å². The molecular formula is C16H13NO4S.